The normalized spacial score (nSPS) is 17.1. The van der Waals surface area contributed by atoms with Crippen LogP contribution in [0.4, 0.5) is 16.2 Å². The van der Waals surface area contributed by atoms with E-state index >= 15 is 0 Å². The number of hydrogen-bond donors (Lipinski definition) is 1. The summed E-state index contributed by atoms with van der Waals surface area (Å²) in [4.78, 5) is 39.3. The van der Waals surface area contributed by atoms with Crippen molar-refractivity contribution in [3.05, 3.63) is 54.1 Å². The standard InChI is InChI=1S/C22H24N4O6S/c1-16(27)24-10-12-25(13-11-24)33(30,31)18-8-6-17(7-9-18)21(28)23-19-4-2-3-5-20(19)26-14-15-32-22(26)29/h2-9H,10-15H2,1H3,(H,23,28). The Morgan fingerprint density at radius 1 is 0.939 bits per heavy atom. The quantitative estimate of drug-likeness (QED) is 0.709. The van der Waals surface area contributed by atoms with Gasteiger partial charge in [-0.25, -0.2) is 13.2 Å². The molecule has 3 amide bonds. The zero-order chi connectivity index (χ0) is 23.6. The van der Waals surface area contributed by atoms with E-state index in [0.717, 1.165) is 0 Å². The molecule has 2 heterocycles. The average Bonchev–Trinajstić information content (AvgIpc) is 3.25. The monoisotopic (exact) mass is 472 g/mol. The van der Waals surface area contributed by atoms with Crippen molar-refractivity contribution in [3.8, 4) is 0 Å². The van der Waals surface area contributed by atoms with Crippen LogP contribution in [0.5, 0.6) is 0 Å². The summed E-state index contributed by atoms with van der Waals surface area (Å²) in [6.45, 7) is 3.26. The number of nitrogens with one attached hydrogen (secondary N) is 1. The first-order valence-corrected chi connectivity index (χ1v) is 11.9. The number of ether oxygens (including phenoxy) is 1. The minimum atomic E-state index is -3.73. The van der Waals surface area contributed by atoms with Crippen molar-refractivity contribution < 1.29 is 27.5 Å². The third kappa shape index (κ3) is 4.69. The molecule has 2 aromatic rings. The molecule has 11 heteroatoms. The molecular formula is C22H24N4O6S. The number of carbonyl (C=O) groups is 3. The molecule has 0 unspecified atom stereocenters. The van der Waals surface area contributed by atoms with Crippen molar-refractivity contribution in [3.63, 3.8) is 0 Å². The van der Waals surface area contributed by atoms with Crippen LogP contribution in [-0.2, 0) is 19.6 Å². The minimum absolute atomic E-state index is 0.0781. The van der Waals surface area contributed by atoms with Crippen LogP contribution in [0.2, 0.25) is 0 Å². The summed E-state index contributed by atoms with van der Waals surface area (Å²) in [5, 5.41) is 2.78. The van der Waals surface area contributed by atoms with E-state index in [0.29, 0.717) is 31.0 Å². The van der Waals surface area contributed by atoms with Crippen LogP contribution in [0, 0.1) is 0 Å². The van der Waals surface area contributed by atoms with Gasteiger partial charge in [0.1, 0.15) is 6.61 Å². The Morgan fingerprint density at radius 2 is 1.61 bits per heavy atom. The van der Waals surface area contributed by atoms with Crippen molar-refractivity contribution in [1.29, 1.82) is 0 Å². The molecule has 2 aliphatic rings. The second-order valence-corrected chi connectivity index (χ2v) is 9.61. The summed E-state index contributed by atoms with van der Waals surface area (Å²) in [6, 6.07) is 12.6. The molecule has 1 N–H and O–H groups in total. The molecule has 0 aliphatic carbocycles. The van der Waals surface area contributed by atoms with Crippen LogP contribution in [-0.4, -0.2) is 74.9 Å². The van der Waals surface area contributed by atoms with Gasteiger partial charge in [0.05, 0.1) is 22.8 Å². The highest BCUT2D eigenvalue weighted by Crippen LogP contribution is 2.28. The highest BCUT2D eigenvalue weighted by molar-refractivity contribution is 7.89. The lowest BCUT2D eigenvalue weighted by Gasteiger charge is -2.33. The van der Waals surface area contributed by atoms with Gasteiger partial charge in [-0.15, -0.1) is 0 Å². The number of nitrogens with zero attached hydrogens (tertiary/aromatic N) is 3. The molecule has 10 nitrogen and oxygen atoms in total. The van der Waals surface area contributed by atoms with E-state index in [1.807, 2.05) is 0 Å². The van der Waals surface area contributed by atoms with Crippen LogP contribution < -0.4 is 10.2 Å². The number of sulfonamides is 1. The zero-order valence-corrected chi connectivity index (χ0v) is 18.9. The van der Waals surface area contributed by atoms with E-state index in [9.17, 15) is 22.8 Å². The smallest absolute Gasteiger partial charge is 0.414 e. The number of amides is 3. The summed E-state index contributed by atoms with van der Waals surface area (Å²) in [5.41, 5.74) is 1.24. The maximum absolute atomic E-state index is 12.9. The first kappa shape index (κ1) is 22.7. The SMILES string of the molecule is CC(=O)N1CCN(S(=O)(=O)c2ccc(C(=O)Nc3ccccc3N3CCOC3=O)cc2)CC1. The Hall–Kier alpha value is -3.44. The third-order valence-corrected chi connectivity index (χ3v) is 7.55. The third-order valence-electron chi connectivity index (χ3n) is 5.64. The Balaban J connectivity index is 1.46. The molecule has 0 saturated carbocycles. The number of benzene rings is 2. The van der Waals surface area contributed by atoms with Crippen molar-refractivity contribution >= 4 is 39.3 Å². The first-order valence-electron chi connectivity index (χ1n) is 10.5. The maximum atomic E-state index is 12.9. The van der Waals surface area contributed by atoms with Crippen LogP contribution in [0.25, 0.3) is 0 Å². The van der Waals surface area contributed by atoms with Gasteiger partial charge >= 0.3 is 6.09 Å². The number of rotatable bonds is 5. The highest BCUT2D eigenvalue weighted by atomic mass is 32.2. The Bertz CT molecular complexity index is 1170. The van der Waals surface area contributed by atoms with Gasteiger partial charge in [0.25, 0.3) is 5.91 Å². The van der Waals surface area contributed by atoms with Crippen LogP contribution in [0.15, 0.2) is 53.4 Å². The van der Waals surface area contributed by atoms with E-state index in [1.54, 1.807) is 29.2 Å². The van der Waals surface area contributed by atoms with Gasteiger partial charge in [-0.3, -0.25) is 14.5 Å². The van der Waals surface area contributed by atoms with Gasteiger partial charge in [-0.2, -0.15) is 4.31 Å². The van der Waals surface area contributed by atoms with E-state index in [2.05, 4.69) is 5.32 Å². The van der Waals surface area contributed by atoms with Gasteiger partial charge in [0, 0.05) is 38.7 Å². The molecule has 0 bridgehead atoms. The highest BCUT2D eigenvalue weighted by Gasteiger charge is 2.29. The molecule has 2 fully saturated rings. The summed E-state index contributed by atoms with van der Waals surface area (Å²) in [7, 11) is -3.73. The lowest BCUT2D eigenvalue weighted by atomic mass is 10.2. The number of cyclic esters (lactones) is 1. The van der Waals surface area contributed by atoms with Gasteiger partial charge in [-0.05, 0) is 36.4 Å². The number of carbonyl (C=O) groups excluding carboxylic acids is 3. The first-order chi connectivity index (χ1) is 15.8. The molecule has 2 saturated heterocycles. The average molecular weight is 473 g/mol. The fraction of sp³-hybridized carbons (Fsp3) is 0.318. The largest absolute Gasteiger partial charge is 0.447 e. The zero-order valence-electron chi connectivity index (χ0n) is 18.1. The Kier molecular flexibility index (Phi) is 6.34. The summed E-state index contributed by atoms with van der Waals surface area (Å²) < 4.78 is 32.2. The van der Waals surface area contributed by atoms with Crippen molar-refractivity contribution in [2.45, 2.75) is 11.8 Å². The van der Waals surface area contributed by atoms with Gasteiger partial charge in [-0.1, -0.05) is 12.1 Å². The molecule has 33 heavy (non-hydrogen) atoms. The van der Waals surface area contributed by atoms with Gasteiger partial charge in [0.2, 0.25) is 15.9 Å². The maximum Gasteiger partial charge on any atom is 0.414 e. The van der Waals surface area contributed by atoms with Crippen LogP contribution >= 0.6 is 0 Å². The van der Waals surface area contributed by atoms with Crippen LogP contribution in [0.1, 0.15) is 17.3 Å². The van der Waals surface area contributed by atoms with Gasteiger partial charge in [0.15, 0.2) is 0 Å². The lowest BCUT2D eigenvalue weighted by Crippen LogP contribution is -2.49. The van der Waals surface area contributed by atoms with Gasteiger partial charge < -0.3 is 15.0 Å². The number of hydrogen-bond acceptors (Lipinski definition) is 6. The number of para-hydroxylation sites is 2. The van der Waals surface area contributed by atoms with Crippen molar-refractivity contribution in [2.24, 2.45) is 0 Å². The molecule has 0 aromatic heterocycles. The number of anilines is 2. The fourth-order valence-electron chi connectivity index (χ4n) is 3.79. The number of piperazine rings is 1. The molecule has 0 spiro atoms. The Labute approximate surface area is 191 Å². The van der Waals surface area contributed by atoms with E-state index in [1.165, 1.54) is 40.4 Å². The predicted molar refractivity (Wildman–Crippen MR) is 121 cm³/mol. The van der Waals surface area contributed by atoms with E-state index in [4.69, 9.17) is 4.74 Å². The summed E-state index contributed by atoms with van der Waals surface area (Å²) in [6.07, 6.45) is -0.476. The fourth-order valence-corrected chi connectivity index (χ4v) is 5.21. The molecule has 2 aromatic carbocycles. The molecule has 174 valence electrons. The Morgan fingerprint density at radius 3 is 2.21 bits per heavy atom. The summed E-state index contributed by atoms with van der Waals surface area (Å²) in [5.74, 6) is -0.514. The lowest BCUT2D eigenvalue weighted by molar-refractivity contribution is -0.129. The second kappa shape index (κ2) is 9.20. The predicted octanol–water partition coefficient (Wildman–Crippen LogP) is 1.75. The molecule has 0 atom stereocenters. The topological polar surface area (TPSA) is 116 Å². The van der Waals surface area contributed by atoms with Crippen molar-refractivity contribution in [1.82, 2.24) is 9.21 Å². The van der Waals surface area contributed by atoms with Crippen molar-refractivity contribution in [2.75, 3.05) is 49.5 Å². The molecule has 2 aliphatic heterocycles. The van der Waals surface area contributed by atoms with E-state index in [-0.39, 0.29) is 36.1 Å². The molecular weight excluding hydrogens is 448 g/mol. The minimum Gasteiger partial charge on any atom is -0.447 e. The van der Waals surface area contributed by atoms with Crippen LogP contribution in [0.3, 0.4) is 0 Å². The molecule has 4 rings (SSSR count). The second-order valence-electron chi connectivity index (χ2n) is 7.67. The van der Waals surface area contributed by atoms with E-state index < -0.39 is 22.0 Å². The molecule has 0 radical (unpaired) electrons. The summed E-state index contributed by atoms with van der Waals surface area (Å²) >= 11 is 0.